The highest BCUT2D eigenvalue weighted by atomic mass is 16.5. The number of imidazole rings is 2. The number of carbonyl (C=O) groups excluding carboxylic acids is 5. The minimum Gasteiger partial charge on any atom is -0.453 e. The van der Waals surface area contributed by atoms with E-state index >= 15 is 0 Å². The van der Waals surface area contributed by atoms with Gasteiger partial charge in [-0.15, -0.1) is 0 Å². The van der Waals surface area contributed by atoms with Gasteiger partial charge in [0.05, 0.1) is 57.2 Å². The molecule has 17 nitrogen and oxygen atoms in total. The van der Waals surface area contributed by atoms with Gasteiger partial charge in [-0.1, -0.05) is 43.0 Å². The van der Waals surface area contributed by atoms with Crippen LogP contribution >= 0.6 is 0 Å². The number of aromatic nitrogens is 4. The van der Waals surface area contributed by atoms with Crippen molar-refractivity contribution in [1.29, 1.82) is 0 Å². The average molecular weight is 726 g/mol. The largest absolute Gasteiger partial charge is 0.453 e. The van der Waals surface area contributed by atoms with Crippen LogP contribution in [-0.2, 0) is 32.2 Å². The maximum atomic E-state index is 12.9. The van der Waals surface area contributed by atoms with Crippen LogP contribution in [0.1, 0.15) is 36.1 Å². The number of aromatic amines is 1. The molecule has 2 heterocycles. The highest BCUT2D eigenvalue weighted by molar-refractivity contribution is 5.83. The second kappa shape index (κ2) is 19.0. The lowest BCUT2D eigenvalue weighted by Gasteiger charge is -2.27. The first-order valence-electron chi connectivity index (χ1n) is 16.6. The van der Waals surface area contributed by atoms with Crippen molar-refractivity contribution in [3.8, 4) is 34.4 Å². The highest BCUT2D eigenvalue weighted by Gasteiger charge is 2.21. The fourth-order valence-electron chi connectivity index (χ4n) is 5.14. The molecule has 0 unspecified atom stereocenters. The lowest BCUT2D eigenvalue weighted by atomic mass is 10.1. The summed E-state index contributed by atoms with van der Waals surface area (Å²) in [6, 6.07) is 14.8. The van der Waals surface area contributed by atoms with Gasteiger partial charge in [-0.3, -0.25) is 14.4 Å². The number of ether oxygens (including phenoxy) is 1. The molecule has 0 radical (unpaired) electrons. The van der Waals surface area contributed by atoms with Crippen molar-refractivity contribution in [2.24, 2.45) is 0 Å². The predicted octanol–water partition coefficient (Wildman–Crippen LogP) is 1.45. The number of methoxy groups -OCH3 is 1. The summed E-state index contributed by atoms with van der Waals surface area (Å²) in [5.41, 5.74) is 4.67. The monoisotopic (exact) mass is 725 g/mol. The lowest BCUT2D eigenvalue weighted by molar-refractivity contribution is -0.132. The number of amides is 6. The van der Waals surface area contributed by atoms with Crippen LogP contribution in [0.25, 0.3) is 22.5 Å². The number of rotatable bonds is 15. The Bertz CT molecular complexity index is 1940. The normalized spacial score (nSPS) is 10.3. The molecule has 17 heteroatoms. The molecule has 0 aliphatic heterocycles. The van der Waals surface area contributed by atoms with Gasteiger partial charge in [0.2, 0.25) is 18.2 Å². The zero-order valence-corrected chi connectivity index (χ0v) is 30.0. The Morgan fingerprint density at radius 2 is 1.57 bits per heavy atom. The molecule has 0 saturated carbocycles. The summed E-state index contributed by atoms with van der Waals surface area (Å²) in [7, 11) is 4.23. The molecule has 6 N–H and O–H groups in total. The molecular formula is C36H43N11O6. The molecular weight excluding hydrogens is 682 g/mol. The van der Waals surface area contributed by atoms with Crippen molar-refractivity contribution in [3.05, 3.63) is 83.7 Å². The van der Waals surface area contributed by atoms with Gasteiger partial charge in [-0.25, -0.2) is 24.2 Å². The van der Waals surface area contributed by atoms with Crippen molar-refractivity contribution in [2.75, 3.05) is 53.4 Å². The Labute approximate surface area is 306 Å². The molecule has 0 fully saturated rings. The summed E-state index contributed by atoms with van der Waals surface area (Å²) < 4.78 is 6.00. The smallest absolute Gasteiger partial charge is 0.407 e. The topological polar surface area (TPSA) is 213 Å². The van der Waals surface area contributed by atoms with E-state index in [0.717, 1.165) is 34.4 Å². The standard InChI is InChI=1S/C36H43N11O6/c1-5-16-45(33(49)19-39-23-48)22-32-41-18-30(47(32)37)28-14-10-26(11-15-28)7-6-25-8-12-27(13-9-25)29-17-40-31(43-29)21-46(24-44(3)35(51)38-2)34(50)20-42-36(52)53-4/h8-15,17-18,23H,5,16,19-22,24,37H2,1-4H3,(H,38,51)(H,39,48)(H,40,43)(H,42,52). The maximum Gasteiger partial charge on any atom is 0.407 e. The minimum absolute atomic E-state index is 0.0451. The average Bonchev–Trinajstić information content (AvgIpc) is 3.80. The van der Waals surface area contributed by atoms with E-state index in [4.69, 9.17) is 5.84 Å². The number of nitrogens with two attached hydrogens (primary N) is 1. The van der Waals surface area contributed by atoms with Crippen molar-refractivity contribution < 1.29 is 28.7 Å². The van der Waals surface area contributed by atoms with Crippen LogP contribution in [0.5, 0.6) is 0 Å². The summed E-state index contributed by atoms with van der Waals surface area (Å²) in [6.07, 6.45) is 3.80. The van der Waals surface area contributed by atoms with Crippen molar-refractivity contribution in [3.63, 3.8) is 0 Å². The maximum absolute atomic E-state index is 12.9. The van der Waals surface area contributed by atoms with Crippen LogP contribution in [0.3, 0.4) is 0 Å². The van der Waals surface area contributed by atoms with Crippen molar-refractivity contribution in [1.82, 2.24) is 50.3 Å². The molecule has 53 heavy (non-hydrogen) atoms. The molecule has 2 aromatic heterocycles. The number of hydrogen-bond donors (Lipinski definition) is 5. The van der Waals surface area contributed by atoms with Gasteiger partial charge in [-0.2, -0.15) is 0 Å². The van der Waals surface area contributed by atoms with Gasteiger partial charge < -0.3 is 46.2 Å². The minimum atomic E-state index is -0.746. The third-order valence-electron chi connectivity index (χ3n) is 7.95. The Morgan fingerprint density at radius 3 is 2.17 bits per heavy atom. The molecule has 6 amide bonds. The Kier molecular flexibility index (Phi) is 13.9. The Balaban J connectivity index is 1.40. The van der Waals surface area contributed by atoms with E-state index < -0.39 is 12.0 Å². The molecule has 4 rings (SSSR count). The number of urea groups is 1. The number of carbonyl (C=O) groups is 5. The molecule has 4 aromatic rings. The third kappa shape index (κ3) is 10.8. The Hall–Kier alpha value is -6.83. The van der Waals surface area contributed by atoms with E-state index in [1.54, 1.807) is 24.3 Å². The van der Waals surface area contributed by atoms with E-state index in [0.29, 0.717) is 30.3 Å². The first kappa shape index (κ1) is 39.0. The molecule has 0 bridgehead atoms. The van der Waals surface area contributed by atoms with Crippen LogP contribution in [0.4, 0.5) is 9.59 Å². The second-order valence-corrected chi connectivity index (χ2v) is 11.7. The molecule has 278 valence electrons. The van der Waals surface area contributed by atoms with Crippen LogP contribution in [0.2, 0.25) is 0 Å². The van der Waals surface area contributed by atoms with Crippen LogP contribution in [0, 0.1) is 11.8 Å². The number of alkyl carbamates (subject to hydrolysis) is 1. The van der Waals surface area contributed by atoms with Crippen molar-refractivity contribution >= 4 is 30.3 Å². The van der Waals surface area contributed by atoms with Gasteiger partial charge in [0.15, 0.2) is 0 Å². The lowest BCUT2D eigenvalue weighted by Crippen LogP contribution is -2.47. The molecule has 0 spiro atoms. The van der Waals surface area contributed by atoms with Gasteiger partial charge in [0, 0.05) is 37.3 Å². The first-order valence-corrected chi connectivity index (χ1v) is 16.6. The van der Waals surface area contributed by atoms with E-state index in [-0.39, 0.29) is 44.8 Å². The molecule has 0 aliphatic carbocycles. The fourth-order valence-corrected chi connectivity index (χ4v) is 5.14. The summed E-state index contributed by atoms with van der Waals surface area (Å²) in [5.74, 6) is 13.0. The number of benzene rings is 2. The Morgan fingerprint density at radius 1 is 0.925 bits per heavy atom. The van der Waals surface area contributed by atoms with E-state index in [1.807, 2.05) is 55.5 Å². The zero-order chi connectivity index (χ0) is 38.3. The predicted molar refractivity (Wildman–Crippen MR) is 196 cm³/mol. The number of H-pyrrole nitrogens is 1. The molecule has 0 saturated heterocycles. The van der Waals surface area contributed by atoms with Crippen LogP contribution in [0.15, 0.2) is 60.9 Å². The third-order valence-corrected chi connectivity index (χ3v) is 7.95. The summed E-state index contributed by atoms with van der Waals surface area (Å²) in [4.78, 5) is 75.9. The number of nitrogens with one attached hydrogen (secondary N) is 4. The highest BCUT2D eigenvalue weighted by Crippen LogP contribution is 2.21. The number of nitrogen functional groups attached to an aromatic ring is 1. The first-order chi connectivity index (χ1) is 25.6. The van der Waals surface area contributed by atoms with Crippen LogP contribution < -0.4 is 21.8 Å². The van der Waals surface area contributed by atoms with Gasteiger partial charge >= 0.3 is 12.1 Å². The van der Waals surface area contributed by atoms with E-state index in [1.165, 1.54) is 28.6 Å². The number of nitrogens with zero attached hydrogens (tertiary/aromatic N) is 6. The quantitative estimate of drug-likeness (QED) is 0.0519. The zero-order valence-electron chi connectivity index (χ0n) is 30.0. The van der Waals surface area contributed by atoms with Crippen LogP contribution in [-0.4, -0.2) is 112 Å². The summed E-state index contributed by atoms with van der Waals surface area (Å²) >= 11 is 0. The summed E-state index contributed by atoms with van der Waals surface area (Å²) in [5, 5.41) is 7.27. The molecule has 2 aromatic carbocycles. The SMILES string of the molecule is CCCN(Cc1ncc(-c2ccc(C#Cc3ccc(-c4cnc(CN(CN(C)C(=O)NC)C(=O)CNC(=O)OC)[nH]4)cc3)cc2)n1N)C(=O)CNC=O. The molecule has 0 aliphatic rings. The van der Waals surface area contributed by atoms with E-state index in [2.05, 4.69) is 47.5 Å². The van der Waals surface area contributed by atoms with Gasteiger partial charge in [-0.05, 0) is 36.2 Å². The van der Waals surface area contributed by atoms with Gasteiger partial charge in [0.1, 0.15) is 18.2 Å². The fraction of sp³-hybridized carbons (Fsp3) is 0.306. The van der Waals surface area contributed by atoms with Crippen molar-refractivity contribution in [2.45, 2.75) is 26.4 Å². The van der Waals surface area contributed by atoms with Gasteiger partial charge in [0.25, 0.3) is 0 Å². The van der Waals surface area contributed by atoms with E-state index in [9.17, 15) is 24.0 Å². The second-order valence-electron chi connectivity index (χ2n) is 11.7. The number of hydrogen-bond acceptors (Lipinski definition) is 9. The molecule has 0 atom stereocenters. The summed E-state index contributed by atoms with van der Waals surface area (Å²) in [6.45, 7) is 2.28.